The minimum atomic E-state index is 0.232. The van der Waals surface area contributed by atoms with E-state index in [1.807, 2.05) is 24.3 Å². The van der Waals surface area contributed by atoms with Crippen LogP contribution in [0.1, 0.15) is 16.7 Å². The van der Waals surface area contributed by atoms with Gasteiger partial charge in [0.1, 0.15) is 11.5 Å². The molecule has 0 aromatic heterocycles. The molecule has 0 aliphatic heterocycles. The van der Waals surface area contributed by atoms with Crippen molar-refractivity contribution in [3.63, 3.8) is 0 Å². The van der Waals surface area contributed by atoms with E-state index in [2.05, 4.69) is 19.7 Å². The lowest BCUT2D eigenvalue weighted by Crippen LogP contribution is -2.00. The molecule has 0 saturated carbocycles. The number of rotatable bonds is 7. The molecule has 0 unspecified atom stereocenters. The van der Waals surface area contributed by atoms with Crippen molar-refractivity contribution >= 4 is 0 Å². The summed E-state index contributed by atoms with van der Waals surface area (Å²) in [4.78, 5) is 0. The maximum absolute atomic E-state index is 10.6. The van der Waals surface area contributed by atoms with Gasteiger partial charge in [0.25, 0.3) is 0 Å². The zero-order valence-electron chi connectivity index (χ0n) is 13.3. The van der Waals surface area contributed by atoms with Crippen LogP contribution < -0.4 is 0 Å². The molecule has 2 rings (SSSR count). The maximum Gasteiger partial charge on any atom is 0.122 e. The van der Waals surface area contributed by atoms with Gasteiger partial charge in [-0.1, -0.05) is 30.4 Å². The Balaban J connectivity index is 2.75. The molecule has 0 bridgehead atoms. The summed E-state index contributed by atoms with van der Waals surface area (Å²) in [6.45, 7) is 11.4. The number of phenols is 2. The first-order chi connectivity index (χ1) is 11.1. The van der Waals surface area contributed by atoms with E-state index in [0.29, 0.717) is 25.0 Å². The van der Waals surface area contributed by atoms with E-state index >= 15 is 0 Å². The van der Waals surface area contributed by atoms with E-state index in [1.165, 1.54) is 0 Å². The average Bonchev–Trinajstić information content (AvgIpc) is 2.54. The first-order valence-corrected chi connectivity index (χ1v) is 7.61. The Morgan fingerprint density at radius 2 is 1.35 bits per heavy atom. The number of allylic oxidation sites excluding steroid dienone is 3. The monoisotopic (exact) mass is 306 g/mol. The Bertz CT molecular complexity index is 724. The van der Waals surface area contributed by atoms with Gasteiger partial charge in [0.2, 0.25) is 0 Å². The Labute approximate surface area is 137 Å². The van der Waals surface area contributed by atoms with Gasteiger partial charge in [-0.3, -0.25) is 0 Å². The smallest absolute Gasteiger partial charge is 0.122 e. The predicted molar refractivity (Wildman–Crippen MR) is 96.9 cm³/mol. The summed E-state index contributed by atoms with van der Waals surface area (Å²) >= 11 is 0. The van der Waals surface area contributed by atoms with Crippen molar-refractivity contribution < 1.29 is 10.2 Å². The van der Waals surface area contributed by atoms with E-state index in [0.717, 1.165) is 27.8 Å². The van der Waals surface area contributed by atoms with Crippen LogP contribution in [-0.2, 0) is 19.3 Å². The van der Waals surface area contributed by atoms with Gasteiger partial charge in [-0.25, -0.2) is 0 Å². The number of phenolic OH excluding ortho intramolecular Hbond substituents is 2. The van der Waals surface area contributed by atoms with Crippen molar-refractivity contribution in [3.05, 3.63) is 85.0 Å². The second-order valence-corrected chi connectivity index (χ2v) is 5.41. The van der Waals surface area contributed by atoms with Crippen LogP contribution in [0.2, 0.25) is 0 Å². The molecular formula is C21H22O2. The molecule has 0 atom stereocenters. The van der Waals surface area contributed by atoms with Gasteiger partial charge in [0.05, 0.1) is 0 Å². The standard InChI is InChI=1S/C21H22O2/c1-4-7-16-14-20(15-10-12-17(22)13-11-15)18(8-5-2)19(9-6-3)21(16)23/h4-6,10-14,22-23H,1-3,7-9H2. The minimum Gasteiger partial charge on any atom is -0.508 e. The highest BCUT2D eigenvalue weighted by Crippen LogP contribution is 2.37. The van der Waals surface area contributed by atoms with Crippen LogP contribution in [0, 0.1) is 0 Å². The third kappa shape index (κ3) is 3.54. The SMILES string of the molecule is C=CCc1cc(-c2ccc(O)cc2)c(CC=C)c(CC=C)c1O. The molecule has 0 aliphatic rings. The van der Waals surface area contributed by atoms with Crippen molar-refractivity contribution in [2.75, 3.05) is 0 Å². The van der Waals surface area contributed by atoms with Gasteiger partial charge in [-0.2, -0.15) is 0 Å². The van der Waals surface area contributed by atoms with Crippen LogP contribution in [0.4, 0.5) is 0 Å². The zero-order chi connectivity index (χ0) is 16.8. The van der Waals surface area contributed by atoms with Crippen molar-refractivity contribution in [3.8, 4) is 22.6 Å². The lowest BCUT2D eigenvalue weighted by molar-refractivity contribution is 0.463. The molecule has 118 valence electrons. The number of hydrogen-bond acceptors (Lipinski definition) is 2. The Morgan fingerprint density at radius 3 is 1.91 bits per heavy atom. The number of benzene rings is 2. The first-order valence-electron chi connectivity index (χ1n) is 7.61. The van der Waals surface area contributed by atoms with Gasteiger partial charge in [0.15, 0.2) is 0 Å². The van der Waals surface area contributed by atoms with E-state index in [1.54, 1.807) is 24.3 Å². The van der Waals surface area contributed by atoms with Gasteiger partial charge in [0, 0.05) is 5.56 Å². The fraction of sp³-hybridized carbons (Fsp3) is 0.143. The molecule has 2 heteroatoms. The van der Waals surface area contributed by atoms with Crippen LogP contribution in [0.3, 0.4) is 0 Å². The second-order valence-electron chi connectivity index (χ2n) is 5.41. The molecule has 0 fully saturated rings. The molecule has 0 spiro atoms. The number of aromatic hydroxyl groups is 2. The molecule has 0 amide bonds. The summed E-state index contributed by atoms with van der Waals surface area (Å²) in [5.41, 5.74) is 4.79. The van der Waals surface area contributed by atoms with Crippen LogP contribution in [0.15, 0.2) is 68.3 Å². The molecular weight excluding hydrogens is 284 g/mol. The molecule has 2 aromatic carbocycles. The topological polar surface area (TPSA) is 40.5 Å². The van der Waals surface area contributed by atoms with Crippen LogP contribution >= 0.6 is 0 Å². The summed E-state index contributed by atoms with van der Waals surface area (Å²) in [5.74, 6) is 0.541. The predicted octanol–water partition coefficient (Wildman–Crippen LogP) is 4.95. The van der Waals surface area contributed by atoms with Gasteiger partial charge >= 0.3 is 0 Å². The van der Waals surface area contributed by atoms with Crippen LogP contribution in [0.5, 0.6) is 11.5 Å². The first kappa shape index (κ1) is 16.6. The second kappa shape index (κ2) is 7.50. The minimum absolute atomic E-state index is 0.232. The molecule has 0 aliphatic carbocycles. The summed E-state index contributed by atoms with van der Waals surface area (Å²) in [6, 6.07) is 9.09. The largest absolute Gasteiger partial charge is 0.508 e. The highest BCUT2D eigenvalue weighted by Gasteiger charge is 2.16. The zero-order valence-corrected chi connectivity index (χ0v) is 13.3. The van der Waals surface area contributed by atoms with Gasteiger partial charge in [-0.05, 0) is 59.7 Å². The van der Waals surface area contributed by atoms with Crippen molar-refractivity contribution in [2.24, 2.45) is 0 Å². The molecule has 0 saturated heterocycles. The summed E-state index contributed by atoms with van der Waals surface area (Å²) in [5, 5.41) is 20.1. The molecule has 0 radical (unpaired) electrons. The number of hydrogen-bond donors (Lipinski definition) is 2. The Morgan fingerprint density at radius 1 is 0.783 bits per heavy atom. The Hall–Kier alpha value is -2.74. The fourth-order valence-corrected chi connectivity index (χ4v) is 2.78. The Kier molecular flexibility index (Phi) is 5.42. The van der Waals surface area contributed by atoms with Crippen molar-refractivity contribution in [1.82, 2.24) is 0 Å². The maximum atomic E-state index is 10.6. The third-order valence-corrected chi connectivity index (χ3v) is 3.84. The van der Waals surface area contributed by atoms with Crippen molar-refractivity contribution in [1.29, 1.82) is 0 Å². The normalized spacial score (nSPS) is 10.3. The molecule has 2 aromatic rings. The molecule has 23 heavy (non-hydrogen) atoms. The van der Waals surface area contributed by atoms with E-state index in [4.69, 9.17) is 0 Å². The van der Waals surface area contributed by atoms with E-state index in [9.17, 15) is 10.2 Å². The summed E-state index contributed by atoms with van der Waals surface area (Å²) < 4.78 is 0. The fourth-order valence-electron chi connectivity index (χ4n) is 2.78. The highest BCUT2D eigenvalue weighted by atomic mass is 16.3. The van der Waals surface area contributed by atoms with Crippen molar-refractivity contribution in [2.45, 2.75) is 19.3 Å². The average molecular weight is 306 g/mol. The van der Waals surface area contributed by atoms with Crippen LogP contribution in [-0.4, -0.2) is 10.2 Å². The lowest BCUT2D eigenvalue weighted by Gasteiger charge is -2.18. The highest BCUT2D eigenvalue weighted by molar-refractivity contribution is 5.73. The third-order valence-electron chi connectivity index (χ3n) is 3.84. The lowest BCUT2D eigenvalue weighted by atomic mass is 9.88. The summed E-state index contributed by atoms with van der Waals surface area (Å²) in [6.07, 6.45) is 7.24. The summed E-state index contributed by atoms with van der Waals surface area (Å²) in [7, 11) is 0. The quantitative estimate of drug-likeness (QED) is 0.710. The van der Waals surface area contributed by atoms with Crippen LogP contribution in [0.25, 0.3) is 11.1 Å². The van der Waals surface area contributed by atoms with Gasteiger partial charge < -0.3 is 10.2 Å². The van der Waals surface area contributed by atoms with E-state index < -0.39 is 0 Å². The van der Waals surface area contributed by atoms with E-state index in [-0.39, 0.29) is 5.75 Å². The molecule has 0 heterocycles. The molecule has 2 N–H and O–H groups in total. The molecule has 2 nitrogen and oxygen atoms in total. The van der Waals surface area contributed by atoms with Gasteiger partial charge in [-0.15, -0.1) is 19.7 Å².